The Morgan fingerprint density at radius 3 is 2.47 bits per heavy atom. The average Bonchev–Trinajstić information content (AvgIpc) is 2.64. The molecule has 0 saturated carbocycles. The van der Waals surface area contributed by atoms with Gasteiger partial charge in [-0.25, -0.2) is 0 Å². The van der Waals surface area contributed by atoms with Crippen molar-refractivity contribution in [2.24, 2.45) is 0 Å². The predicted molar refractivity (Wildman–Crippen MR) is 54.9 cm³/mol. The summed E-state index contributed by atoms with van der Waals surface area (Å²) in [6, 6.07) is 8.59. The van der Waals surface area contributed by atoms with Crippen molar-refractivity contribution in [3.8, 4) is 0 Å². The molecule has 15 heavy (non-hydrogen) atoms. The van der Waals surface area contributed by atoms with Crippen molar-refractivity contribution in [2.75, 3.05) is 0 Å². The molecular formula is C12H13F2Hf. The first-order valence-corrected chi connectivity index (χ1v) is 7.64. The van der Waals surface area contributed by atoms with Crippen LogP contribution in [0, 0.1) is 5.92 Å². The molecule has 1 aromatic carbocycles. The van der Waals surface area contributed by atoms with Crippen LogP contribution in [0.15, 0.2) is 30.3 Å². The van der Waals surface area contributed by atoms with Crippen LogP contribution in [0.1, 0.15) is 30.9 Å². The summed E-state index contributed by atoms with van der Waals surface area (Å²) >= 11 is -2.92. The second kappa shape index (κ2) is 7.04. The van der Waals surface area contributed by atoms with E-state index in [9.17, 15) is 5.33 Å². The monoisotopic (exact) mass is 375 g/mol. The molecule has 0 heterocycles. The summed E-state index contributed by atoms with van der Waals surface area (Å²) in [5, 5.41) is 0. The minimum atomic E-state index is -2.92. The van der Waals surface area contributed by atoms with Crippen LogP contribution in [0.5, 0.6) is 0 Å². The Balaban J connectivity index is 0.000000337. The van der Waals surface area contributed by atoms with Crippen molar-refractivity contribution in [2.45, 2.75) is 19.8 Å². The molecule has 1 aliphatic carbocycles. The van der Waals surface area contributed by atoms with Crippen LogP contribution in [0.25, 0.3) is 6.08 Å². The van der Waals surface area contributed by atoms with Gasteiger partial charge in [-0.05, 0) is 17.5 Å². The van der Waals surface area contributed by atoms with Crippen LogP contribution in [0.4, 0.5) is 5.33 Å². The molecule has 1 aromatic rings. The molecule has 0 unspecified atom stereocenters. The van der Waals surface area contributed by atoms with Gasteiger partial charge in [-0.1, -0.05) is 49.8 Å². The number of hydrogen-bond acceptors (Lipinski definition) is 0. The van der Waals surface area contributed by atoms with Crippen molar-refractivity contribution in [3.63, 3.8) is 0 Å². The molecule has 0 amide bonds. The van der Waals surface area contributed by atoms with Crippen molar-refractivity contribution in [1.29, 1.82) is 0 Å². The van der Waals surface area contributed by atoms with E-state index in [1.807, 2.05) is 0 Å². The van der Waals surface area contributed by atoms with Gasteiger partial charge in [-0.2, -0.15) is 0 Å². The van der Waals surface area contributed by atoms with Crippen LogP contribution in [0.2, 0.25) is 0 Å². The Morgan fingerprint density at radius 2 is 1.80 bits per heavy atom. The van der Waals surface area contributed by atoms with E-state index in [1.54, 1.807) is 0 Å². The van der Waals surface area contributed by atoms with Crippen molar-refractivity contribution in [3.05, 3.63) is 47.4 Å². The molecule has 0 spiro atoms. The van der Waals surface area contributed by atoms with Crippen LogP contribution in [-0.2, 0) is 24.1 Å². The first-order valence-electron chi connectivity index (χ1n) is 4.93. The number of rotatable bonds is 2. The topological polar surface area (TPSA) is 0 Å². The standard InChI is InChI=1S/C12H13.2FH.Hf/c1-2-5-10-8-9-11-6-3-4-7-12(10)11;;;/h3-4,6-9H,2,5H2,1H3;2*1H;/q;;;+2/p-2. The first kappa shape index (κ1) is 12.8. The van der Waals surface area contributed by atoms with E-state index in [1.165, 1.54) is 29.9 Å². The normalized spacial score (nSPS) is 13.0. The third-order valence-electron chi connectivity index (χ3n) is 2.29. The maximum absolute atomic E-state index is 9.82. The van der Waals surface area contributed by atoms with Gasteiger partial charge in [0, 0.05) is 5.92 Å². The Bertz CT molecular complexity index is 323. The molecular weight excluding hydrogens is 361 g/mol. The number of halogens is 2. The van der Waals surface area contributed by atoms with Crippen LogP contribution >= 0.6 is 0 Å². The summed E-state index contributed by atoms with van der Waals surface area (Å²) in [4.78, 5) is 0. The second-order valence-electron chi connectivity index (χ2n) is 3.27. The molecule has 79 valence electrons. The van der Waals surface area contributed by atoms with Gasteiger partial charge in [-0.3, -0.25) is 0 Å². The minimum absolute atomic E-state index is 1.20. The van der Waals surface area contributed by atoms with Crippen LogP contribution in [0.3, 0.4) is 0 Å². The van der Waals surface area contributed by atoms with Gasteiger partial charge >= 0.3 is 29.4 Å². The van der Waals surface area contributed by atoms with E-state index in [0.29, 0.717) is 0 Å². The molecule has 0 bridgehead atoms. The van der Waals surface area contributed by atoms with Gasteiger partial charge in [0.2, 0.25) is 0 Å². The van der Waals surface area contributed by atoms with E-state index >= 15 is 0 Å². The van der Waals surface area contributed by atoms with Gasteiger partial charge in [-0.15, -0.1) is 0 Å². The molecule has 0 nitrogen and oxygen atoms in total. The molecule has 0 N–H and O–H groups in total. The summed E-state index contributed by atoms with van der Waals surface area (Å²) in [5.41, 5.74) is 2.81. The predicted octanol–water partition coefficient (Wildman–Crippen LogP) is 4.27. The van der Waals surface area contributed by atoms with Crippen molar-refractivity contribution < 1.29 is 29.4 Å². The summed E-state index contributed by atoms with van der Waals surface area (Å²) in [7, 11) is 0. The fraction of sp³-hybridized carbons (Fsp3) is 0.250. The molecule has 1 radical (unpaired) electrons. The Labute approximate surface area is 102 Å². The molecule has 0 fully saturated rings. The first-order chi connectivity index (χ1) is 7.33. The molecule has 0 atom stereocenters. The zero-order valence-electron chi connectivity index (χ0n) is 8.63. The maximum atomic E-state index is 9.82. The van der Waals surface area contributed by atoms with Gasteiger partial charge in [0.25, 0.3) is 0 Å². The average molecular weight is 374 g/mol. The fourth-order valence-electron chi connectivity index (χ4n) is 1.70. The number of allylic oxidation sites excluding steroid dienone is 1. The quantitative estimate of drug-likeness (QED) is 0.679. The molecule has 3 heteroatoms. The number of benzene rings is 1. The van der Waals surface area contributed by atoms with E-state index in [0.717, 1.165) is 0 Å². The molecule has 0 saturated heterocycles. The molecule has 0 aromatic heterocycles. The number of fused-ring (bicyclic) bond motifs is 1. The summed E-state index contributed by atoms with van der Waals surface area (Å²) < 4.78 is 19.6. The van der Waals surface area contributed by atoms with Crippen LogP contribution in [-0.4, -0.2) is 0 Å². The third-order valence-corrected chi connectivity index (χ3v) is 2.29. The SMILES string of the molecule is CCC[C]1C=Cc2ccccc21.[F][Hf][F]. The summed E-state index contributed by atoms with van der Waals surface area (Å²) in [6.45, 7) is 2.22. The summed E-state index contributed by atoms with van der Waals surface area (Å²) in [5.74, 6) is 1.49. The molecule has 2 rings (SSSR count). The fourth-order valence-corrected chi connectivity index (χ4v) is 1.70. The van der Waals surface area contributed by atoms with Crippen LogP contribution < -0.4 is 0 Å². The Hall–Kier alpha value is -0.310. The zero-order valence-corrected chi connectivity index (χ0v) is 12.2. The Kier molecular flexibility index (Phi) is 5.99. The summed E-state index contributed by atoms with van der Waals surface area (Å²) in [6.07, 6.45) is 6.88. The van der Waals surface area contributed by atoms with Gasteiger partial charge in [0.05, 0.1) is 0 Å². The zero-order chi connectivity index (χ0) is 11.1. The third kappa shape index (κ3) is 3.63. The van der Waals surface area contributed by atoms with Crippen molar-refractivity contribution >= 4 is 6.08 Å². The second-order valence-corrected chi connectivity index (χ2v) is 3.78. The van der Waals surface area contributed by atoms with Gasteiger partial charge in [0.1, 0.15) is 0 Å². The number of hydrogen-bond donors (Lipinski definition) is 0. The molecule has 0 aliphatic heterocycles. The van der Waals surface area contributed by atoms with Gasteiger partial charge < -0.3 is 0 Å². The van der Waals surface area contributed by atoms with E-state index in [2.05, 4.69) is 43.3 Å². The van der Waals surface area contributed by atoms with E-state index < -0.39 is 24.1 Å². The molecule has 1 aliphatic rings. The van der Waals surface area contributed by atoms with Gasteiger partial charge in [0.15, 0.2) is 0 Å². The van der Waals surface area contributed by atoms with E-state index in [-0.39, 0.29) is 0 Å². The Morgan fingerprint density at radius 1 is 1.13 bits per heavy atom. The van der Waals surface area contributed by atoms with E-state index in [4.69, 9.17) is 0 Å². The van der Waals surface area contributed by atoms with Crippen molar-refractivity contribution in [1.82, 2.24) is 0 Å².